The molecule has 1 saturated heterocycles. The molecule has 0 saturated carbocycles. The molecule has 0 spiro atoms. The molecule has 3 atom stereocenters. The van der Waals surface area contributed by atoms with Crippen LogP contribution in [0.2, 0.25) is 5.02 Å². The smallest absolute Gasteiger partial charge is 0.240 e. The summed E-state index contributed by atoms with van der Waals surface area (Å²) in [5.41, 5.74) is 0.379. The number of anilines is 1. The Morgan fingerprint density at radius 1 is 1.32 bits per heavy atom. The highest BCUT2D eigenvalue weighted by molar-refractivity contribution is 7.92. The lowest BCUT2D eigenvalue weighted by Crippen LogP contribution is -2.46. The van der Waals surface area contributed by atoms with Gasteiger partial charge in [0.2, 0.25) is 15.9 Å². The standard InChI is InChI=1S/C18H28ClN3O5S/c1-13-10-16(11-18(24)27-13)21(2)9-8-20-17(23)12-22(28(3,25)26)15-6-4-14(19)5-7-15/h4-7,13,16,18,24H,8-12H2,1-3H3,(H,20,23)/t13-,16+,18-/m1/s1. The summed E-state index contributed by atoms with van der Waals surface area (Å²) in [5, 5.41) is 13.0. The Morgan fingerprint density at radius 2 is 1.96 bits per heavy atom. The maximum atomic E-state index is 12.3. The first-order chi connectivity index (χ1) is 13.1. The number of rotatable bonds is 8. The van der Waals surface area contributed by atoms with Crippen molar-refractivity contribution in [3.8, 4) is 0 Å². The number of halogens is 1. The van der Waals surface area contributed by atoms with Gasteiger partial charge in [0, 0.05) is 30.6 Å². The lowest BCUT2D eigenvalue weighted by Gasteiger charge is -2.36. The SMILES string of the molecule is C[C@@H]1C[C@H](N(C)CCNC(=O)CN(c2ccc(Cl)cc2)S(C)(=O)=O)C[C@H](O)O1. The normalized spacial score (nSPS) is 22.9. The van der Waals surface area contributed by atoms with Crippen molar-refractivity contribution in [1.82, 2.24) is 10.2 Å². The summed E-state index contributed by atoms with van der Waals surface area (Å²) in [6.07, 6.45) is 1.59. The van der Waals surface area contributed by atoms with Gasteiger partial charge in [0.05, 0.1) is 18.0 Å². The highest BCUT2D eigenvalue weighted by atomic mass is 35.5. The summed E-state index contributed by atoms with van der Waals surface area (Å²) in [6.45, 7) is 2.56. The molecule has 1 aromatic rings. The Hall–Kier alpha value is -1.39. The molecule has 10 heteroatoms. The van der Waals surface area contributed by atoms with E-state index in [0.29, 0.717) is 30.2 Å². The van der Waals surface area contributed by atoms with Gasteiger partial charge in [-0.15, -0.1) is 0 Å². The van der Waals surface area contributed by atoms with Gasteiger partial charge in [-0.3, -0.25) is 9.10 Å². The van der Waals surface area contributed by atoms with E-state index in [1.54, 1.807) is 24.3 Å². The maximum Gasteiger partial charge on any atom is 0.240 e. The molecule has 0 aromatic heterocycles. The van der Waals surface area contributed by atoms with Gasteiger partial charge in [0.15, 0.2) is 6.29 Å². The van der Waals surface area contributed by atoms with Crippen molar-refractivity contribution in [1.29, 1.82) is 0 Å². The molecule has 1 amide bonds. The summed E-state index contributed by atoms with van der Waals surface area (Å²) in [5.74, 6) is -0.394. The van der Waals surface area contributed by atoms with Gasteiger partial charge >= 0.3 is 0 Å². The third kappa shape index (κ3) is 6.89. The van der Waals surface area contributed by atoms with Crippen molar-refractivity contribution in [2.45, 2.75) is 38.2 Å². The predicted molar refractivity (Wildman–Crippen MR) is 109 cm³/mol. The molecule has 0 bridgehead atoms. The maximum absolute atomic E-state index is 12.3. The van der Waals surface area contributed by atoms with E-state index in [9.17, 15) is 18.3 Å². The average Bonchev–Trinajstić information content (AvgIpc) is 2.58. The van der Waals surface area contributed by atoms with Crippen LogP contribution < -0.4 is 9.62 Å². The molecule has 1 aromatic carbocycles. The van der Waals surface area contributed by atoms with Gasteiger partial charge < -0.3 is 20.1 Å². The Kier molecular flexibility index (Phi) is 8.08. The van der Waals surface area contributed by atoms with Gasteiger partial charge in [-0.2, -0.15) is 0 Å². The molecule has 0 unspecified atom stereocenters. The number of carbonyl (C=O) groups is 1. The lowest BCUT2D eigenvalue weighted by molar-refractivity contribution is -0.173. The number of aliphatic hydroxyl groups excluding tert-OH is 1. The van der Waals surface area contributed by atoms with Crippen LogP contribution in [-0.4, -0.2) is 75.7 Å². The number of benzene rings is 1. The zero-order valence-electron chi connectivity index (χ0n) is 16.3. The third-order valence-electron chi connectivity index (χ3n) is 4.68. The third-order valence-corrected chi connectivity index (χ3v) is 6.07. The molecule has 2 rings (SSSR count). The van der Waals surface area contributed by atoms with Gasteiger partial charge in [-0.05, 0) is 44.7 Å². The molecule has 1 aliphatic heterocycles. The first-order valence-corrected chi connectivity index (χ1v) is 11.3. The van der Waals surface area contributed by atoms with E-state index in [1.807, 2.05) is 14.0 Å². The van der Waals surface area contributed by atoms with Gasteiger partial charge in [0.25, 0.3) is 0 Å². The van der Waals surface area contributed by atoms with Crippen LogP contribution in [0.3, 0.4) is 0 Å². The summed E-state index contributed by atoms with van der Waals surface area (Å²) in [6, 6.07) is 6.43. The summed E-state index contributed by atoms with van der Waals surface area (Å²) < 4.78 is 30.5. The van der Waals surface area contributed by atoms with Crippen LogP contribution in [0.25, 0.3) is 0 Å². The minimum atomic E-state index is -3.62. The number of amides is 1. The Labute approximate surface area is 171 Å². The molecule has 1 fully saturated rings. The summed E-state index contributed by atoms with van der Waals surface area (Å²) in [4.78, 5) is 14.3. The molecule has 1 heterocycles. The first kappa shape index (κ1) is 22.9. The van der Waals surface area contributed by atoms with E-state index in [-0.39, 0.29) is 18.7 Å². The van der Waals surface area contributed by atoms with Crippen LogP contribution in [0.1, 0.15) is 19.8 Å². The fraction of sp³-hybridized carbons (Fsp3) is 0.611. The zero-order valence-corrected chi connectivity index (χ0v) is 17.9. The second kappa shape index (κ2) is 9.89. The summed E-state index contributed by atoms with van der Waals surface area (Å²) in [7, 11) is -1.69. The topological polar surface area (TPSA) is 99.2 Å². The molecular weight excluding hydrogens is 406 g/mol. The quantitative estimate of drug-likeness (QED) is 0.635. The number of nitrogens with one attached hydrogen (secondary N) is 1. The van der Waals surface area contributed by atoms with Crippen LogP contribution in [0, 0.1) is 0 Å². The average molecular weight is 434 g/mol. The van der Waals surface area contributed by atoms with Gasteiger partial charge in [-0.25, -0.2) is 8.42 Å². The summed E-state index contributed by atoms with van der Waals surface area (Å²) >= 11 is 5.84. The van der Waals surface area contributed by atoms with E-state index >= 15 is 0 Å². The highest BCUT2D eigenvalue weighted by Crippen LogP contribution is 2.22. The number of hydrogen-bond donors (Lipinski definition) is 2. The second-order valence-electron chi connectivity index (χ2n) is 7.10. The van der Waals surface area contributed by atoms with Crippen LogP contribution in [0.5, 0.6) is 0 Å². The van der Waals surface area contributed by atoms with Gasteiger partial charge in [0.1, 0.15) is 6.54 Å². The van der Waals surface area contributed by atoms with Crippen molar-refractivity contribution in [2.75, 3.05) is 37.2 Å². The van der Waals surface area contributed by atoms with Crippen molar-refractivity contribution in [3.05, 3.63) is 29.3 Å². The van der Waals surface area contributed by atoms with Crippen LogP contribution in [-0.2, 0) is 19.6 Å². The number of sulfonamides is 1. The largest absolute Gasteiger partial charge is 0.368 e. The highest BCUT2D eigenvalue weighted by Gasteiger charge is 2.28. The number of nitrogens with zero attached hydrogens (tertiary/aromatic N) is 2. The molecule has 1 aliphatic rings. The lowest BCUT2D eigenvalue weighted by atomic mass is 10.0. The number of hydrogen-bond acceptors (Lipinski definition) is 6. The zero-order chi connectivity index (χ0) is 20.9. The molecule has 0 aliphatic carbocycles. The minimum Gasteiger partial charge on any atom is -0.368 e. The van der Waals surface area contributed by atoms with Crippen LogP contribution >= 0.6 is 11.6 Å². The molecular formula is C18H28ClN3O5S. The number of carbonyl (C=O) groups excluding carboxylic acids is 1. The molecule has 158 valence electrons. The molecule has 0 radical (unpaired) electrons. The Balaban J connectivity index is 1.86. The van der Waals surface area contributed by atoms with Crippen molar-refractivity contribution in [3.63, 3.8) is 0 Å². The monoisotopic (exact) mass is 433 g/mol. The Morgan fingerprint density at radius 3 is 2.54 bits per heavy atom. The number of ether oxygens (including phenoxy) is 1. The van der Waals surface area contributed by atoms with Crippen LogP contribution in [0.15, 0.2) is 24.3 Å². The Bertz CT molecular complexity index is 749. The predicted octanol–water partition coefficient (Wildman–Crippen LogP) is 1.04. The number of aliphatic hydroxyl groups is 1. The van der Waals surface area contributed by atoms with Crippen molar-refractivity contribution in [2.24, 2.45) is 0 Å². The van der Waals surface area contributed by atoms with Crippen molar-refractivity contribution >= 4 is 33.2 Å². The van der Waals surface area contributed by atoms with Crippen LogP contribution in [0.4, 0.5) is 5.69 Å². The number of likely N-dealkylation sites (N-methyl/N-ethyl adjacent to an activating group) is 1. The van der Waals surface area contributed by atoms with E-state index < -0.39 is 22.2 Å². The van der Waals surface area contributed by atoms with E-state index in [2.05, 4.69) is 10.2 Å². The molecule has 2 N–H and O–H groups in total. The molecule has 28 heavy (non-hydrogen) atoms. The fourth-order valence-electron chi connectivity index (χ4n) is 3.20. The second-order valence-corrected chi connectivity index (χ2v) is 9.45. The first-order valence-electron chi connectivity index (χ1n) is 9.10. The van der Waals surface area contributed by atoms with E-state index in [0.717, 1.165) is 17.0 Å². The minimum absolute atomic E-state index is 0.0199. The van der Waals surface area contributed by atoms with Crippen molar-refractivity contribution < 1.29 is 23.1 Å². The van der Waals surface area contributed by atoms with E-state index in [1.165, 1.54) is 0 Å². The molecule has 8 nitrogen and oxygen atoms in total. The fourth-order valence-corrected chi connectivity index (χ4v) is 4.18. The van der Waals surface area contributed by atoms with E-state index in [4.69, 9.17) is 16.3 Å². The van der Waals surface area contributed by atoms with Gasteiger partial charge in [-0.1, -0.05) is 11.6 Å².